The molecule has 0 heterocycles. The van der Waals surface area contributed by atoms with Crippen LogP contribution in [0.25, 0.3) is 0 Å². The van der Waals surface area contributed by atoms with Crippen molar-refractivity contribution in [3.05, 3.63) is 35.4 Å². The van der Waals surface area contributed by atoms with E-state index in [4.69, 9.17) is 0 Å². The smallest absolute Gasteiger partial charge is 0.0245 e. The van der Waals surface area contributed by atoms with Crippen LogP contribution < -0.4 is 0 Å². The highest BCUT2D eigenvalue weighted by atomic mass is 14.4. The number of aryl methyl sites for hydroxylation is 1. The predicted molar refractivity (Wildman–Crippen MR) is 67.0 cm³/mol. The fourth-order valence-electron chi connectivity index (χ4n) is 3.23. The maximum Gasteiger partial charge on any atom is 0.0245 e. The molecule has 1 aromatic rings. The van der Waals surface area contributed by atoms with E-state index in [1.54, 1.807) is 0 Å². The molecule has 2 aliphatic carbocycles. The first kappa shape index (κ1) is 9.97. The van der Waals surface area contributed by atoms with E-state index < -0.39 is 0 Å². The molecule has 16 heavy (non-hydrogen) atoms. The first-order valence-electron chi connectivity index (χ1n) is 6.39. The van der Waals surface area contributed by atoms with E-state index in [0.717, 1.165) is 11.8 Å². The Bertz CT molecular complexity index is 429. The van der Waals surface area contributed by atoms with Crippen molar-refractivity contribution in [2.24, 2.45) is 17.8 Å². The molecule has 0 spiro atoms. The number of hydrogen-bond acceptors (Lipinski definition) is 0. The minimum Gasteiger partial charge on any atom is -0.0942 e. The largest absolute Gasteiger partial charge is 0.0942 e. The third-order valence-electron chi connectivity index (χ3n) is 4.19. The summed E-state index contributed by atoms with van der Waals surface area (Å²) in [4.78, 5) is 0. The summed E-state index contributed by atoms with van der Waals surface area (Å²) in [6.45, 7) is 2.12. The normalized spacial score (nSPS) is 31.2. The fourth-order valence-corrected chi connectivity index (χ4v) is 3.23. The van der Waals surface area contributed by atoms with Crippen molar-refractivity contribution >= 4 is 0 Å². The van der Waals surface area contributed by atoms with Crippen LogP contribution in [0, 0.1) is 36.5 Å². The summed E-state index contributed by atoms with van der Waals surface area (Å²) in [5.74, 6) is 9.46. The third-order valence-corrected chi connectivity index (χ3v) is 4.19. The molecule has 1 aromatic carbocycles. The van der Waals surface area contributed by atoms with Crippen molar-refractivity contribution in [3.63, 3.8) is 0 Å². The van der Waals surface area contributed by atoms with E-state index >= 15 is 0 Å². The molecular formula is C16H18. The van der Waals surface area contributed by atoms with Crippen molar-refractivity contribution in [1.82, 2.24) is 0 Å². The molecule has 0 aromatic heterocycles. The van der Waals surface area contributed by atoms with Crippen LogP contribution in [-0.4, -0.2) is 0 Å². The minimum absolute atomic E-state index is 0.694. The summed E-state index contributed by atoms with van der Waals surface area (Å²) in [6.07, 6.45) is 5.71. The zero-order chi connectivity index (χ0) is 11.0. The summed E-state index contributed by atoms with van der Waals surface area (Å²) >= 11 is 0. The second-order valence-corrected chi connectivity index (χ2v) is 5.42. The lowest BCUT2D eigenvalue weighted by Crippen LogP contribution is -2.07. The van der Waals surface area contributed by atoms with Gasteiger partial charge in [-0.2, -0.15) is 0 Å². The van der Waals surface area contributed by atoms with Gasteiger partial charge in [0.05, 0.1) is 0 Å². The van der Waals surface area contributed by atoms with E-state index in [1.807, 2.05) is 0 Å². The van der Waals surface area contributed by atoms with E-state index in [1.165, 1.54) is 36.8 Å². The number of rotatable bonds is 0. The molecule has 0 radical (unpaired) electrons. The molecule has 2 bridgehead atoms. The Hall–Kier alpha value is -1.22. The van der Waals surface area contributed by atoms with Gasteiger partial charge in [-0.15, -0.1) is 0 Å². The highest BCUT2D eigenvalue weighted by Gasteiger charge is 2.38. The quantitative estimate of drug-likeness (QED) is 0.572. The highest BCUT2D eigenvalue weighted by molar-refractivity contribution is 5.36. The Morgan fingerprint density at radius 1 is 1.06 bits per heavy atom. The Morgan fingerprint density at radius 2 is 1.88 bits per heavy atom. The van der Waals surface area contributed by atoms with Crippen molar-refractivity contribution in [2.75, 3.05) is 0 Å². The molecule has 2 saturated carbocycles. The van der Waals surface area contributed by atoms with Crippen molar-refractivity contribution in [3.8, 4) is 11.8 Å². The predicted octanol–water partition coefficient (Wildman–Crippen LogP) is 3.78. The first-order chi connectivity index (χ1) is 7.81. The van der Waals surface area contributed by atoms with Crippen LogP contribution in [0.15, 0.2) is 24.3 Å². The highest BCUT2D eigenvalue weighted by Crippen LogP contribution is 2.47. The van der Waals surface area contributed by atoms with Crippen molar-refractivity contribution in [2.45, 2.75) is 32.6 Å². The average Bonchev–Trinajstić information content (AvgIpc) is 2.90. The van der Waals surface area contributed by atoms with Crippen LogP contribution in [0.4, 0.5) is 0 Å². The summed E-state index contributed by atoms with van der Waals surface area (Å²) < 4.78 is 0. The monoisotopic (exact) mass is 210 g/mol. The molecular weight excluding hydrogens is 192 g/mol. The summed E-state index contributed by atoms with van der Waals surface area (Å²) in [5.41, 5.74) is 2.49. The number of fused-ring (bicyclic) bond motifs is 2. The SMILES string of the molecule is Cc1ccc(C#CC2CC3CCC2C3)cc1. The van der Waals surface area contributed by atoms with Gasteiger partial charge in [0.1, 0.15) is 0 Å². The Balaban J connectivity index is 1.73. The van der Waals surface area contributed by atoms with E-state index in [2.05, 4.69) is 43.0 Å². The Morgan fingerprint density at radius 3 is 2.50 bits per heavy atom. The van der Waals surface area contributed by atoms with Crippen LogP contribution in [0.1, 0.15) is 36.8 Å². The van der Waals surface area contributed by atoms with Crippen LogP contribution in [0.3, 0.4) is 0 Å². The molecule has 82 valence electrons. The van der Waals surface area contributed by atoms with Gasteiger partial charge in [0.2, 0.25) is 0 Å². The molecule has 3 unspecified atom stereocenters. The Labute approximate surface area is 98.1 Å². The van der Waals surface area contributed by atoms with Gasteiger partial charge in [0.15, 0.2) is 0 Å². The number of benzene rings is 1. The van der Waals surface area contributed by atoms with Crippen LogP contribution >= 0.6 is 0 Å². The summed E-state index contributed by atoms with van der Waals surface area (Å²) in [5, 5.41) is 0. The molecule has 0 nitrogen and oxygen atoms in total. The van der Waals surface area contributed by atoms with Crippen LogP contribution in [0.2, 0.25) is 0 Å². The van der Waals surface area contributed by atoms with Gasteiger partial charge >= 0.3 is 0 Å². The molecule has 2 aliphatic rings. The van der Waals surface area contributed by atoms with Gasteiger partial charge in [-0.05, 0) is 50.2 Å². The number of hydrogen-bond donors (Lipinski definition) is 0. The van der Waals surface area contributed by atoms with Gasteiger partial charge in [0.25, 0.3) is 0 Å². The van der Waals surface area contributed by atoms with Gasteiger partial charge in [0, 0.05) is 11.5 Å². The first-order valence-corrected chi connectivity index (χ1v) is 6.39. The molecule has 0 amide bonds. The molecule has 0 N–H and O–H groups in total. The standard InChI is InChI=1S/C16H18/c1-12-2-4-13(5-3-12)6-8-15-10-14-7-9-16(15)11-14/h2-5,14-16H,7,9-11H2,1H3. The molecule has 3 atom stereocenters. The third kappa shape index (κ3) is 1.87. The fraction of sp³-hybridized carbons (Fsp3) is 0.500. The second-order valence-electron chi connectivity index (χ2n) is 5.42. The molecule has 0 aliphatic heterocycles. The molecule has 2 fully saturated rings. The topological polar surface area (TPSA) is 0 Å². The summed E-state index contributed by atoms with van der Waals surface area (Å²) in [6, 6.07) is 8.56. The van der Waals surface area contributed by atoms with E-state index in [9.17, 15) is 0 Å². The maximum atomic E-state index is 3.50. The van der Waals surface area contributed by atoms with Gasteiger partial charge in [-0.1, -0.05) is 36.0 Å². The summed E-state index contributed by atoms with van der Waals surface area (Å²) in [7, 11) is 0. The zero-order valence-corrected chi connectivity index (χ0v) is 9.87. The molecule has 0 heteroatoms. The lowest BCUT2D eigenvalue weighted by Gasteiger charge is -2.15. The average molecular weight is 210 g/mol. The molecule has 0 saturated heterocycles. The maximum absolute atomic E-state index is 3.50. The van der Waals surface area contributed by atoms with Gasteiger partial charge in [-0.25, -0.2) is 0 Å². The lowest BCUT2D eigenvalue weighted by atomic mass is 9.89. The lowest BCUT2D eigenvalue weighted by molar-refractivity contribution is 0.406. The zero-order valence-electron chi connectivity index (χ0n) is 9.87. The minimum atomic E-state index is 0.694. The Kier molecular flexibility index (Phi) is 2.48. The van der Waals surface area contributed by atoms with E-state index in [-0.39, 0.29) is 0 Å². The van der Waals surface area contributed by atoms with Crippen LogP contribution in [-0.2, 0) is 0 Å². The van der Waals surface area contributed by atoms with E-state index in [0.29, 0.717) is 5.92 Å². The van der Waals surface area contributed by atoms with Gasteiger partial charge in [-0.3, -0.25) is 0 Å². The second kappa shape index (κ2) is 3.98. The molecule has 3 rings (SSSR count). The van der Waals surface area contributed by atoms with Crippen molar-refractivity contribution in [1.29, 1.82) is 0 Å². The van der Waals surface area contributed by atoms with Crippen molar-refractivity contribution < 1.29 is 0 Å². The van der Waals surface area contributed by atoms with Gasteiger partial charge < -0.3 is 0 Å². The van der Waals surface area contributed by atoms with Crippen LogP contribution in [0.5, 0.6) is 0 Å².